The van der Waals surface area contributed by atoms with E-state index in [0.717, 1.165) is 15.7 Å². The molecule has 7 nitrogen and oxygen atoms in total. The molecule has 2 aromatic rings. The lowest BCUT2D eigenvalue weighted by Gasteiger charge is -2.10. The Morgan fingerprint density at radius 1 is 1.43 bits per heavy atom. The highest BCUT2D eigenvalue weighted by molar-refractivity contribution is 9.10. The molecule has 0 amide bonds. The van der Waals surface area contributed by atoms with Crippen LogP contribution in [0.3, 0.4) is 0 Å². The molecule has 2 rings (SSSR count). The molecular weight excluding hydrogens is 338 g/mol. The van der Waals surface area contributed by atoms with E-state index in [1.165, 1.54) is 6.20 Å². The summed E-state index contributed by atoms with van der Waals surface area (Å²) in [4.78, 5) is 18.6. The number of hydrogen-bond donors (Lipinski definition) is 2. The van der Waals surface area contributed by atoms with Gasteiger partial charge in [0.25, 0.3) is 0 Å². The molecule has 0 saturated carbocycles. The normalized spacial score (nSPS) is 10.2. The van der Waals surface area contributed by atoms with Crippen molar-refractivity contribution in [2.45, 2.75) is 13.8 Å². The van der Waals surface area contributed by atoms with Gasteiger partial charge in [0.05, 0.1) is 4.92 Å². The molecule has 0 spiro atoms. The Morgan fingerprint density at radius 2 is 2.19 bits per heavy atom. The molecule has 21 heavy (non-hydrogen) atoms. The fourth-order valence-corrected chi connectivity index (χ4v) is 2.21. The Balaban J connectivity index is 2.40. The van der Waals surface area contributed by atoms with Crippen molar-refractivity contribution in [2.24, 2.45) is 0 Å². The average Bonchev–Trinajstić information content (AvgIpc) is 2.42. The minimum absolute atomic E-state index is 0.163. The predicted octanol–water partition coefficient (Wildman–Crippen LogP) is 3.63. The zero-order valence-electron chi connectivity index (χ0n) is 11.6. The SMILES string of the molecule is CCNc1ncc([N+](=O)[O-])c(Nc2ccc(Br)cc2C)n1. The quantitative estimate of drug-likeness (QED) is 0.631. The first-order valence-corrected chi connectivity index (χ1v) is 7.09. The largest absolute Gasteiger partial charge is 0.354 e. The summed E-state index contributed by atoms with van der Waals surface area (Å²) in [5, 5.41) is 17.0. The highest BCUT2D eigenvalue weighted by Gasteiger charge is 2.18. The van der Waals surface area contributed by atoms with E-state index >= 15 is 0 Å². The second kappa shape index (κ2) is 6.49. The fraction of sp³-hybridized carbons (Fsp3) is 0.231. The van der Waals surface area contributed by atoms with E-state index in [-0.39, 0.29) is 11.5 Å². The molecule has 8 heteroatoms. The molecule has 0 unspecified atom stereocenters. The maximum atomic E-state index is 11.1. The molecule has 1 heterocycles. The van der Waals surface area contributed by atoms with Gasteiger partial charge in [-0.25, -0.2) is 4.98 Å². The highest BCUT2D eigenvalue weighted by atomic mass is 79.9. The standard InChI is InChI=1S/C13H14BrN5O2/c1-3-15-13-16-7-11(19(20)21)12(18-13)17-10-5-4-9(14)6-8(10)2/h4-7H,3H2,1-2H3,(H2,15,16,17,18). The Labute approximate surface area is 130 Å². The van der Waals surface area contributed by atoms with Gasteiger partial charge in [0.1, 0.15) is 6.20 Å². The van der Waals surface area contributed by atoms with Crippen LogP contribution in [0.25, 0.3) is 0 Å². The van der Waals surface area contributed by atoms with E-state index < -0.39 is 4.92 Å². The molecule has 110 valence electrons. The average molecular weight is 352 g/mol. The first-order valence-electron chi connectivity index (χ1n) is 6.29. The van der Waals surface area contributed by atoms with Crippen molar-refractivity contribution in [1.29, 1.82) is 0 Å². The summed E-state index contributed by atoms with van der Waals surface area (Å²) in [7, 11) is 0. The summed E-state index contributed by atoms with van der Waals surface area (Å²) in [5.41, 5.74) is 1.53. The molecule has 0 aliphatic rings. The van der Waals surface area contributed by atoms with Crippen LogP contribution in [-0.2, 0) is 0 Å². The Bertz CT molecular complexity index is 678. The fourth-order valence-electron chi connectivity index (χ4n) is 1.74. The van der Waals surface area contributed by atoms with Gasteiger partial charge in [-0.1, -0.05) is 15.9 Å². The number of aromatic nitrogens is 2. The van der Waals surface area contributed by atoms with Crippen LogP contribution in [0.2, 0.25) is 0 Å². The van der Waals surface area contributed by atoms with Crippen molar-refractivity contribution in [2.75, 3.05) is 17.2 Å². The Hall–Kier alpha value is -2.22. The van der Waals surface area contributed by atoms with Crippen molar-refractivity contribution in [3.8, 4) is 0 Å². The topological polar surface area (TPSA) is 93.0 Å². The van der Waals surface area contributed by atoms with Gasteiger partial charge in [0.15, 0.2) is 0 Å². The lowest BCUT2D eigenvalue weighted by atomic mass is 10.2. The van der Waals surface area contributed by atoms with E-state index in [2.05, 4.69) is 36.5 Å². The van der Waals surface area contributed by atoms with E-state index in [9.17, 15) is 10.1 Å². The smallest absolute Gasteiger partial charge is 0.329 e. The van der Waals surface area contributed by atoms with Crippen LogP contribution in [0.15, 0.2) is 28.9 Å². The van der Waals surface area contributed by atoms with Crippen LogP contribution in [0.4, 0.5) is 23.1 Å². The van der Waals surface area contributed by atoms with Crippen LogP contribution in [0.1, 0.15) is 12.5 Å². The number of hydrogen-bond acceptors (Lipinski definition) is 6. The molecule has 0 atom stereocenters. The first-order chi connectivity index (χ1) is 10.0. The zero-order valence-corrected chi connectivity index (χ0v) is 13.1. The van der Waals surface area contributed by atoms with Crippen LogP contribution in [0.5, 0.6) is 0 Å². The van der Waals surface area contributed by atoms with Gasteiger partial charge in [-0.05, 0) is 37.6 Å². The third-order valence-electron chi connectivity index (χ3n) is 2.74. The van der Waals surface area contributed by atoms with Gasteiger partial charge >= 0.3 is 5.69 Å². The lowest BCUT2D eigenvalue weighted by Crippen LogP contribution is -2.07. The number of benzene rings is 1. The van der Waals surface area contributed by atoms with E-state index in [1.54, 1.807) is 0 Å². The third kappa shape index (κ3) is 3.66. The molecule has 0 radical (unpaired) electrons. The number of aryl methyl sites for hydroxylation is 1. The van der Waals surface area contributed by atoms with Crippen molar-refractivity contribution in [3.05, 3.63) is 44.5 Å². The molecular formula is C13H14BrN5O2. The van der Waals surface area contributed by atoms with Crippen LogP contribution < -0.4 is 10.6 Å². The second-order valence-electron chi connectivity index (χ2n) is 4.30. The molecule has 0 bridgehead atoms. The molecule has 0 saturated heterocycles. The Kier molecular flexibility index (Phi) is 4.69. The molecule has 2 N–H and O–H groups in total. The van der Waals surface area contributed by atoms with E-state index in [4.69, 9.17) is 0 Å². The maximum Gasteiger partial charge on any atom is 0.329 e. The number of nitrogens with one attached hydrogen (secondary N) is 2. The van der Waals surface area contributed by atoms with Crippen molar-refractivity contribution < 1.29 is 4.92 Å². The summed E-state index contributed by atoms with van der Waals surface area (Å²) in [6.07, 6.45) is 1.20. The van der Waals surface area contributed by atoms with E-state index in [0.29, 0.717) is 12.5 Å². The summed E-state index contributed by atoms with van der Waals surface area (Å²) in [6.45, 7) is 4.44. The number of nitro groups is 1. The van der Waals surface area contributed by atoms with Gasteiger partial charge in [-0.3, -0.25) is 10.1 Å². The minimum atomic E-state index is -0.508. The molecule has 0 aliphatic heterocycles. The van der Waals surface area contributed by atoms with Gasteiger partial charge in [0.2, 0.25) is 11.8 Å². The highest BCUT2D eigenvalue weighted by Crippen LogP contribution is 2.28. The minimum Gasteiger partial charge on any atom is -0.354 e. The third-order valence-corrected chi connectivity index (χ3v) is 3.24. The van der Waals surface area contributed by atoms with E-state index in [1.807, 2.05) is 32.0 Å². The summed E-state index contributed by atoms with van der Waals surface area (Å²) >= 11 is 3.38. The van der Waals surface area contributed by atoms with Crippen LogP contribution >= 0.6 is 15.9 Å². The summed E-state index contributed by atoms with van der Waals surface area (Å²) in [5.74, 6) is 0.511. The summed E-state index contributed by atoms with van der Waals surface area (Å²) in [6, 6.07) is 5.60. The van der Waals surface area contributed by atoms with Gasteiger partial charge in [-0.2, -0.15) is 4.98 Å². The Morgan fingerprint density at radius 3 is 2.81 bits per heavy atom. The number of rotatable bonds is 5. The summed E-state index contributed by atoms with van der Waals surface area (Å²) < 4.78 is 0.941. The number of nitrogens with zero attached hydrogens (tertiary/aromatic N) is 3. The van der Waals surface area contributed by atoms with Crippen LogP contribution in [-0.4, -0.2) is 21.4 Å². The lowest BCUT2D eigenvalue weighted by molar-refractivity contribution is -0.384. The predicted molar refractivity (Wildman–Crippen MR) is 85.0 cm³/mol. The zero-order chi connectivity index (χ0) is 15.4. The number of halogens is 1. The molecule has 1 aromatic carbocycles. The van der Waals surface area contributed by atoms with Crippen molar-refractivity contribution >= 4 is 39.1 Å². The molecule has 1 aromatic heterocycles. The first kappa shape index (κ1) is 15.2. The van der Waals surface area contributed by atoms with Gasteiger partial charge in [-0.15, -0.1) is 0 Å². The monoisotopic (exact) mass is 351 g/mol. The number of anilines is 3. The van der Waals surface area contributed by atoms with Gasteiger partial charge < -0.3 is 10.6 Å². The molecule has 0 fully saturated rings. The molecule has 0 aliphatic carbocycles. The van der Waals surface area contributed by atoms with Crippen molar-refractivity contribution in [1.82, 2.24) is 9.97 Å². The maximum absolute atomic E-state index is 11.1. The van der Waals surface area contributed by atoms with Crippen molar-refractivity contribution in [3.63, 3.8) is 0 Å². The second-order valence-corrected chi connectivity index (χ2v) is 5.21. The van der Waals surface area contributed by atoms with Crippen LogP contribution in [0, 0.1) is 17.0 Å². The van der Waals surface area contributed by atoms with Gasteiger partial charge in [0, 0.05) is 16.7 Å².